The number of methoxy groups -OCH3 is 2. The monoisotopic (exact) mass is 327 g/mol. The van der Waals surface area contributed by atoms with Crippen molar-refractivity contribution < 1.29 is 19.1 Å². The summed E-state index contributed by atoms with van der Waals surface area (Å²) in [6.45, 7) is 4.00. The summed E-state index contributed by atoms with van der Waals surface area (Å²) in [4.78, 5) is 26.3. The molecule has 5 heteroatoms. The third kappa shape index (κ3) is 2.97. The standard InChI is InChI=1S/C17H15NO4.C2H6/c1-21-12-9-7-11(8-10-12)18-15(17(20)22-2)13-5-3-4-6-14(13)16(18)19;1-2/h3-10,15H,1-2H3;1-2H3. The van der Waals surface area contributed by atoms with Crippen molar-refractivity contribution in [3.05, 3.63) is 59.7 Å². The van der Waals surface area contributed by atoms with Crippen LogP contribution in [0.1, 0.15) is 35.8 Å². The van der Waals surface area contributed by atoms with Gasteiger partial charge in [-0.15, -0.1) is 0 Å². The number of ether oxygens (including phenoxy) is 2. The Morgan fingerprint density at radius 2 is 1.62 bits per heavy atom. The first kappa shape index (κ1) is 17.5. The lowest BCUT2D eigenvalue weighted by molar-refractivity contribution is -0.142. The fourth-order valence-electron chi connectivity index (χ4n) is 2.67. The third-order valence-electron chi connectivity index (χ3n) is 3.74. The van der Waals surface area contributed by atoms with Crippen LogP contribution in [-0.4, -0.2) is 26.1 Å². The van der Waals surface area contributed by atoms with Crippen LogP contribution in [0, 0.1) is 0 Å². The van der Waals surface area contributed by atoms with E-state index in [1.165, 1.54) is 12.0 Å². The summed E-state index contributed by atoms with van der Waals surface area (Å²) in [7, 11) is 2.89. The van der Waals surface area contributed by atoms with Crippen LogP contribution in [0.3, 0.4) is 0 Å². The molecule has 0 bridgehead atoms. The molecule has 0 aromatic heterocycles. The first-order valence-electron chi connectivity index (χ1n) is 7.81. The Balaban J connectivity index is 0.00000100. The van der Waals surface area contributed by atoms with Gasteiger partial charge in [-0.3, -0.25) is 9.69 Å². The Labute approximate surface area is 141 Å². The van der Waals surface area contributed by atoms with Gasteiger partial charge in [-0.05, 0) is 35.9 Å². The number of nitrogens with zero attached hydrogens (tertiary/aromatic N) is 1. The molecule has 0 spiro atoms. The smallest absolute Gasteiger partial charge is 0.333 e. The van der Waals surface area contributed by atoms with Crippen LogP contribution in [0.2, 0.25) is 0 Å². The van der Waals surface area contributed by atoms with Gasteiger partial charge in [0.2, 0.25) is 0 Å². The summed E-state index contributed by atoms with van der Waals surface area (Å²) in [6.07, 6.45) is 0. The molecule has 0 fully saturated rings. The number of hydrogen-bond donors (Lipinski definition) is 0. The molecule has 0 saturated heterocycles. The molecule has 0 saturated carbocycles. The van der Waals surface area contributed by atoms with Gasteiger partial charge in [0.1, 0.15) is 5.75 Å². The van der Waals surface area contributed by atoms with Crippen LogP contribution in [0.15, 0.2) is 48.5 Å². The van der Waals surface area contributed by atoms with Crippen LogP contribution < -0.4 is 9.64 Å². The summed E-state index contributed by atoms with van der Waals surface area (Å²) in [5.41, 5.74) is 1.81. The maximum absolute atomic E-state index is 12.7. The van der Waals surface area contributed by atoms with Crippen molar-refractivity contribution in [3.8, 4) is 5.75 Å². The number of amides is 1. The number of fused-ring (bicyclic) bond motifs is 1. The predicted octanol–water partition coefficient (Wildman–Crippen LogP) is 3.60. The van der Waals surface area contributed by atoms with Gasteiger partial charge in [0, 0.05) is 11.3 Å². The van der Waals surface area contributed by atoms with Gasteiger partial charge in [0.15, 0.2) is 6.04 Å². The van der Waals surface area contributed by atoms with E-state index in [2.05, 4.69) is 0 Å². The lowest BCUT2D eigenvalue weighted by atomic mass is 10.0. The van der Waals surface area contributed by atoms with E-state index < -0.39 is 12.0 Å². The number of hydrogen-bond acceptors (Lipinski definition) is 4. The van der Waals surface area contributed by atoms with Crippen LogP contribution in [0.25, 0.3) is 0 Å². The Hall–Kier alpha value is -2.82. The van der Waals surface area contributed by atoms with Crippen LogP contribution >= 0.6 is 0 Å². The van der Waals surface area contributed by atoms with Crippen molar-refractivity contribution in [2.24, 2.45) is 0 Å². The van der Waals surface area contributed by atoms with E-state index in [0.29, 0.717) is 22.6 Å². The summed E-state index contributed by atoms with van der Waals surface area (Å²) < 4.78 is 10.00. The lowest BCUT2D eigenvalue weighted by Gasteiger charge is -2.23. The minimum Gasteiger partial charge on any atom is -0.497 e. The molecule has 24 heavy (non-hydrogen) atoms. The molecule has 1 heterocycles. The fraction of sp³-hybridized carbons (Fsp3) is 0.263. The van der Waals surface area contributed by atoms with Gasteiger partial charge in [0.05, 0.1) is 14.2 Å². The molecule has 0 aliphatic carbocycles. The van der Waals surface area contributed by atoms with E-state index in [4.69, 9.17) is 9.47 Å². The van der Waals surface area contributed by atoms with Crippen LogP contribution in [-0.2, 0) is 9.53 Å². The Kier molecular flexibility index (Phi) is 5.58. The zero-order valence-electron chi connectivity index (χ0n) is 14.3. The minimum absolute atomic E-state index is 0.212. The Morgan fingerprint density at radius 3 is 2.21 bits per heavy atom. The van der Waals surface area contributed by atoms with Crippen molar-refractivity contribution in [2.45, 2.75) is 19.9 Å². The molecule has 1 amide bonds. The van der Waals surface area contributed by atoms with Gasteiger partial charge in [-0.25, -0.2) is 4.79 Å². The normalized spacial score (nSPS) is 15.2. The van der Waals surface area contributed by atoms with Gasteiger partial charge in [-0.2, -0.15) is 0 Å². The average Bonchev–Trinajstić information content (AvgIpc) is 2.96. The quantitative estimate of drug-likeness (QED) is 0.808. The largest absolute Gasteiger partial charge is 0.497 e. The zero-order valence-corrected chi connectivity index (χ0v) is 14.3. The predicted molar refractivity (Wildman–Crippen MR) is 92.4 cm³/mol. The lowest BCUT2D eigenvalue weighted by Crippen LogP contribution is -2.33. The number of rotatable bonds is 3. The molecule has 5 nitrogen and oxygen atoms in total. The first-order valence-corrected chi connectivity index (χ1v) is 7.81. The second-order valence-corrected chi connectivity index (χ2v) is 4.89. The van der Waals surface area contributed by atoms with Gasteiger partial charge >= 0.3 is 5.97 Å². The molecule has 0 N–H and O–H groups in total. The minimum atomic E-state index is -0.762. The highest BCUT2D eigenvalue weighted by Gasteiger charge is 2.42. The van der Waals surface area contributed by atoms with Crippen LogP contribution in [0.4, 0.5) is 5.69 Å². The van der Waals surface area contributed by atoms with E-state index in [0.717, 1.165) is 0 Å². The van der Waals surface area contributed by atoms with Gasteiger partial charge in [0.25, 0.3) is 5.91 Å². The molecule has 2 aromatic carbocycles. The summed E-state index contributed by atoms with van der Waals surface area (Å²) >= 11 is 0. The maximum atomic E-state index is 12.7. The van der Waals surface area contributed by atoms with Crippen molar-refractivity contribution in [1.29, 1.82) is 0 Å². The summed E-state index contributed by atoms with van der Waals surface area (Å²) in [5, 5.41) is 0. The highest BCUT2D eigenvalue weighted by Crippen LogP contribution is 2.38. The Bertz CT molecular complexity index is 724. The summed E-state index contributed by atoms with van der Waals surface area (Å²) in [5.74, 6) is 0.00723. The molecule has 3 rings (SSSR count). The van der Waals surface area contributed by atoms with E-state index in [-0.39, 0.29) is 5.91 Å². The molecular formula is C19H21NO4. The summed E-state index contributed by atoms with van der Waals surface area (Å²) in [6, 6.07) is 13.3. The second kappa shape index (κ2) is 7.64. The number of anilines is 1. The molecule has 2 aromatic rings. The van der Waals surface area contributed by atoms with Gasteiger partial charge in [-0.1, -0.05) is 32.0 Å². The maximum Gasteiger partial charge on any atom is 0.333 e. The van der Waals surface area contributed by atoms with E-state index >= 15 is 0 Å². The first-order chi connectivity index (χ1) is 11.7. The third-order valence-corrected chi connectivity index (χ3v) is 3.74. The number of esters is 1. The van der Waals surface area contributed by atoms with Crippen molar-refractivity contribution in [3.63, 3.8) is 0 Å². The highest BCUT2D eigenvalue weighted by molar-refractivity contribution is 6.15. The van der Waals surface area contributed by atoms with Crippen molar-refractivity contribution >= 4 is 17.6 Å². The second-order valence-electron chi connectivity index (χ2n) is 4.89. The molecule has 126 valence electrons. The molecule has 0 radical (unpaired) electrons. The topological polar surface area (TPSA) is 55.8 Å². The number of carbonyl (C=O) groups excluding carboxylic acids is 2. The molecule has 1 aliphatic heterocycles. The van der Waals surface area contributed by atoms with Crippen molar-refractivity contribution in [1.82, 2.24) is 0 Å². The zero-order chi connectivity index (χ0) is 17.7. The molecular weight excluding hydrogens is 306 g/mol. The molecule has 1 unspecified atom stereocenters. The number of benzene rings is 2. The van der Waals surface area contributed by atoms with Crippen LogP contribution in [0.5, 0.6) is 5.75 Å². The average molecular weight is 327 g/mol. The SMILES string of the molecule is CC.COC(=O)C1c2ccccc2C(=O)N1c1ccc(OC)cc1. The van der Waals surface area contributed by atoms with Gasteiger partial charge < -0.3 is 9.47 Å². The van der Waals surface area contributed by atoms with E-state index in [1.807, 2.05) is 13.8 Å². The van der Waals surface area contributed by atoms with E-state index in [9.17, 15) is 9.59 Å². The highest BCUT2D eigenvalue weighted by atomic mass is 16.5. The van der Waals surface area contributed by atoms with Crippen molar-refractivity contribution in [2.75, 3.05) is 19.1 Å². The number of carbonyl (C=O) groups is 2. The van der Waals surface area contributed by atoms with E-state index in [1.54, 1.807) is 55.6 Å². The molecule has 1 aliphatic rings. The Morgan fingerprint density at radius 1 is 1.00 bits per heavy atom. The molecule has 1 atom stereocenters. The fourth-order valence-corrected chi connectivity index (χ4v) is 2.67.